The molecule has 0 aromatic heterocycles. The third kappa shape index (κ3) is 6.22. The van der Waals surface area contributed by atoms with Crippen molar-refractivity contribution in [2.45, 2.75) is 58.8 Å². The van der Waals surface area contributed by atoms with E-state index in [1.807, 2.05) is 20.8 Å². The van der Waals surface area contributed by atoms with Crippen molar-refractivity contribution in [2.75, 3.05) is 6.54 Å². The zero-order chi connectivity index (χ0) is 20.1. The molecular formula is C15H26N2O8S. The third-order valence-corrected chi connectivity index (χ3v) is 4.92. The van der Waals surface area contributed by atoms with Gasteiger partial charge in [0.1, 0.15) is 6.04 Å². The van der Waals surface area contributed by atoms with Gasteiger partial charge in [0.2, 0.25) is 12.0 Å². The van der Waals surface area contributed by atoms with Crippen LogP contribution >= 0.6 is 0 Å². The number of carbonyl (C=O) groups is 3. The normalized spacial score (nSPS) is 24.0. The van der Waals surface area contributed by atoms with Gasteiger partial charge in [0.15, 0.2) is 6.10 Å². The van der Waals surface area contributed by atoms with Crippen molar-refractivity contribution in [2.24, 2.45) is 11.8 Å². The number of carbonyl (C=O) groups excluding carboxylic acids is 2. The maximum atomic E-state index is 12.4. The molecule has 0 aliphatic carbocycles. The molecule has 10 nitrogen and oxygen atoms in total. The molecule has 2 unspecified atom stereocenters. The zero-order valence-electron chi connectivity index (χ0n) is 15.2. The molecule has 1 aliphatic heterocycles. The number of hydrogen-bond acceptors (Lipinski definition) is 7. The first-order chi connectivity index (χ1) is 12.0. The molecule has 0 spiro atoms. The van der Waals surface area contributed by atoms with Gasteiger partial charge < -0.3 is 15.7 Å². The van der Waals surface area contributed by atoms with Crippen molar-refractivity contribution in [3.63, 3.8) is 0 Å². The third-order valence-electron chi connectivity index (χ3n) is 4.03. The van der Waals surface area contributed by atoms with E-state index in [4.69, 9.17) is 5.11 Å². The van der Waals surface area contributed by atoms with E-state index < -0.39 is 46.4 Å². The van der Waals surface area contributed by atoms with Crippen molar-refractivity contribution in [3.05, 3.63) is 0 Å². The van der Waals surface area contributed by atoms with Gasteiger partial charge in [-0.05, 0) is 18.3 Å². The minimum atomic E-state index is -4.58. The molecule has 1 heterocycles. The lowest BCUT2D eigenvalue weighted by Crippen LogP contribution is -2.54. The number of nitrogens with one attached hydrogen (secondary N) is 2. The molecule has 2 amide bonds. The Hall–Kier alpha value is -1.72. The van der Waals surface area contributed by atoms with Crippen molar-refractivity contribution in [1.29, 1.82) is 0 Å². The Morgan fingerprint density at radius 2 is 1.69 bits per heavy atom. The topological polar surface area (TPSA) is 148 Å². The highest BCUT2D eigenvalue weighted by molar-refractivity contribution is 7.82. The van der Waals surface area contributed by atoms with Gasteiger partial charge in [0.25, 0.3) is 5.91 Å². The summed E-state index contributed by atoms with van der Waals surface area (Å²) in [5, 5.41) is 14.1. The molecule has 1 aliphatic rings. The monoisotopic (exact) mass is 394 g/mol. The fourth-order valence-electron chi connectivity index (χ4n) is 2.26. The van der Waals surface area contributed by atoms with Crippen LogP contribution < -0.4 is 10.6 Å². The largest absolute Gasteiger partial charge is 0.479 e. The van der Waals surface area contributed by atoms with Crippen molar-refractivity contribution >= 4 is 28.2 Å². The molecule has 0 aromatic rings. The first-order valence-electron chi connectivity index (χ1n) is 8.40. The summed E-state index contributed by atoms with van der Waals surface area (Å²) in [6.07, 6.45) is -2.58. The van der Waals surface area contributed by atoms with E-state index in [2.05, 4.69) is 19.0 Å². The lowest BCUT2D eigenvalue weighted by atomic mass is 9.97. The van der Waals surface area contributed by atoms with Gasteiger partial charge in [-0.15, -0.1) is 0 Å². The molecule has 0 bridgehead atoms. The zero-order valence-corrected chi connectivity index (χ0v) is 16.0. The fourth-order valence-corrected chi connectivity index (χ4v) is 3.19. The number of hydrogen-bond donors (Lipinski definition) is 3. The van der Waals surface area contributed by atoms with Crippen molar-refractivity contribution in [1.82, 2.24) is 10.6 Å². The van der Waals surface area contributed by atoms with Crippen LogP contribution in [0.2, 0.25) is 0 Å². The Balaban J connectivity index is 2.85. The number of carboxylic acids is 1. The van der Waals surface area contributed by atoms with Gasteiger partial charge in [-0.1, -0.05) is 34.1 Å². The van der Waals surface area contributed by atoms with E-state index in [1.54, 1.807) is 6.92 Å². The molecule has 0 radical (unpaired) electrons. The van der Waals surface area contributed by atoms with E-state index in [1.165, 1.54) is 0 Å². The summed E-state index contributed by atoms with van der Waals surface area (Å²) in [7, 11) is -4.58. The van der Waals surface area contributed by atoms with Crippen LogP contribution in [0.3, 0.4) is 0 Å². The van der Waals surface area contributed by atoms with Gasteiger partial charge >= 0.3 is 16.4 Å². The predicted molar refractivity (Wildman–Crippen MR) is 90.2 cm³/mol. The van der Waals surface area contributed by atoms with Crippen LogP contribution in [0.25, 0.3) is 0 Å². The summed E-state index contributed by atoms with van der Waals surface area (Å²) >= 11 is 0. The van der Waals surface area contributed by atoms with Crippen LogP contribution in [-0.4, -0.2) is 56.1 Å². The fraction of sp³-hybridized carbons (Fsp3) is 0.800. The summed E-state index contributed by atoms with van der Waals surface area (Å²) in [5.74, 6) is -3.00. The maximum Gasteiger partial charge on any atom is 0.401 e. The average Bonchev–Trinajstić information content (AvgIpc) is 2.87. The first kappa shape index (κ1) is 22.3. The van der Waals surface area contributed by atoms with Gasteiger partial charge in [-0.3, -0.25) is 9.59 Å². The van der Waals surface area contributed by atoms with Gasteiger partial charge in [-0.25, -0.2) is 13.2 Å². The van der Waals surface area contributed by atoms with Crippen LogP contribution in [0.15, 0.2) is 0 Å². The SMILES string of the molecule is CCC(C)C(NC(=O)[C@H]1OS(=O)(=O)O[C@@H]1C(=O)O)C(=O)NCCC(C)C. The Bertz CT molecular complexity index is 634. The highest BCUT2D eigenvalue weighted by Gasteiger charge is 2.49. The van der Waals surface area contributed by atoms with Crippen LogP contribution in [0.1, 0.15) is 40.5 Å². The highest BCUT2D eigenvalue weighted by Crippen LogP contribution is 2.22. The Morgan fingerprint density at radius 3 is 2.19 bits per heavy atom. The Kier molecular flexibility index (Phi) is 7.97. The van der Waals surface area contributed by atoms with E-state index in [9.17, 15) is 22.8 Å². The molecule has 3 N–H and O–H groups in total. The molecular weight excluding hydrogens is 368 g/mol. The van der Waals surface area contributed by atoms with E-state index >= 15 is 0 Å². The van der Waals surface area contributed by atoms with Crippen LogP contribution in [0.5, 0.6) is 0 Å². The molecule has 11 heteroatoms. The number of aliphatic carboxylic acids is 1. The smallest absolute Gasteiger partial charge is 0.401 e. The molecule has 0 saturated carbocycles. The molecule has 1 fully saturated rings. The van der Waals surface area contributed by atoms with Gasteiger partial charge in [-0.2, -0.15) is 8.42 Å². The summed E-state index contributed by atoms with van der Waals surface area (Å²) in [4.78, 5) is 35.8. The van der Waals surface area contributed by atoms with Crippen molar-refractivity contribution < 1.29 is 36.3 Å². The van der Waals surface area contributed by atoms with Gasteiger partial charge in [0, 0.05) is 6.54 Å². The Morgan fingerprint density at radius 1 is 1.12 bits per heavy atom. The lowest BCUT2D eigenvalue weighted by Gasteiger charge is -2.25. The van der Waals surface area contributed by atoms with E-state index in [-0.39, 0.29) is 5.92 Å². The molecule has 26 heavy (non-hydrogen) atoms. The lowest BCUT2D eigenvalue weighted by molar-refractivity contribution is -0.150. The van der Waals surface area contributed by atoms with Crippen LogP contribution in [0, 0.1) is 11.8 Å². The van der Waals surface area contributed by atoms with Crippen LogP contribution in [0.4, 0.5) is 0 Å². The summed E-state index contributed by atoms with van der Waals surface area (Å²) in [6, 6.07) is -0.957. The second-order valence-electron chi connectivity index (χ2n) is 6.63. The van der Waals surface area contributed by atoms with Crippen LogP contribution in [-0.2, 0) is 33.1 Å². The number of rotatable bonds is 9. The highest BCUT2D eigenvalue weighted by atomic mass is 32.3. The maximum absolute atomic E-state index is 12.4. The molecule has 1 rings (SSSR count). The molecule has 1 saturated heterocycles. The van der Waals surface area contributed by atoms with Crippen molar-refractivity contribution in [3.8, 4) is 0 Å². The minimum Gasteiger partial charge on any atom is -0.479 e. The predicted octanol–water partition coefficient (Wildman–Crippen LogP) is -0.207. The average molecular weight is 394 g/mol. The standard InChI is InChI=1S/C15H26N2O8S/c1-5-9(4)10(13(18)16-7-6-8(2)3)17-14(19)11-12(15(20)21)25-26(22,23)24-11/h8-12H,5-7H2,1-4H3,(H,16,18)(H,17,19)(H,20,21)/t9?,10?,11-,12-/m0/s1. The first-order valence-corrected chi connectivity index (χ1v) is 9.74. The minimum absolute atomic E-state index is 0.264. The number of carboxylic acid groups (broad SMARTS) is 1. The van der Waals surface area contributed by atoms with Gasteiger partial charge in [0.05, 0.1) is 0 Å². The summed E-state index contributed by atoms with van der Waals surface area (Å²) in [6.45, 7) is 8.00. The Labute approximate surface area is 152 Å². The quantitative estimate of drug-likeness (QED) is 0.487. The molecule has 4 atom stereocenters. The molecule has 0 aromatic carbocycles. The second kappa shape index (κ2) is 9.28. The molecule has 150 valence electrons. The summed E-state index contributed by atoms with van der Waals surface area (Å²) in [5.41, 5.74) is 0. The van der Waals surface area contributed by atoms with E-state index in [0.29, 0.717) is 18.9 Å². The number of amides is 2. The summed E-state index contributed by atoms with van der Waals surface area (Å²) < 4.78 is 31.3. The van der Waals surface area contributed by atoms with E-state index in [0.717, 1.165) is 6.42 Å². The second-order valence-corrected chi connectivity index (χ2v) is 7.83.